The molecule has 2 aromatic rings. The summed E-state index contributed by atoms with van der Waals surface area (Å²) in [5.41, 5.74) is 4.33. The molecular weight excluding hydrogens is 276 g/mol. The molecule has 0 aliphatic carbocycles. The molecule has 1 aromatic carbocycles. The number of benzene rings is 1. The van der Waals surface area contributed by atoms with Crippen LogP contribution in [0.3, 0.4) is 0 Å². The van der Waals surface area contributed by atoms with Crippen LogP contribution in [0.1, 0.15) is 48.4 Å². The third-order valence-corrected chi connectivity index (χ3v) is 5.65. The first-order chi connectivity index (χ1) is 10.3. The summed E-state index contributed by atoms with van der Waals surface area (Å²) in [5.74, 6) is 0. The lowest BCUT2D eigenvalue weighted by atomic mass is 9.96. The quantitative estimate of drug-likeness (QED) is 0.891. The molecule has 112 valence electrons. The topological polar surface area (TPSA) is 15.3 Å². The zero-order chi connectivity index (χ0) is 14.8. The van der Waals surface area contributed by atoms with E-state index in [1.165, 1.54) is 23.2 Å². The Bertz CT molecular complexity index is 601. The van der Waals surface area contributed by atoms with Gasteiger partial charge in [0.05, 0.1) is 6.04 Å². The van der Waals surface area contributed by atoms with Gasteiger partial charge in [0, 0.05) is 23.2 Å². The highest BCUT2D eigenvalue weighted by atomic mass is 32.1. The number of anilines is 1. The molecule has 0 saturated carbocycles. The number of hydrogen-bond donors (Lipinski definition) is 1. The van der Waals surface area contributed by atoms with Crippen molar-refractivity contribution in [3.8, 4) is 0 Å². The normalized spacial score (nSPS) is 19.4. The minimum Gasteiger partial charge on any atom is -0.364 e. The van der Waals surface area contributed by atoms with Gasteiger partial charge in [-0.05, 0) is 55.5 Å². The van der Waals surface area contributed by atoms with Crippen LogP contribution in [0.5, 0.6) is 0 Å². The van der Waals surface area contributed by atoms with E-state index >= 15 is 0 Å². The fourth-order valence-electron chi connectivity index (χ4n) is 3.46. The van der Waals surface area contributed by atoms with Crippen molar-refractivity contribution < 1.29 is 0 Å². The van der Waals surface area contributed by atoms with Crippen LogP contribution in [0.4, 0.5) is 5.69 Å². The number of thiophene rings is 1. The smallest absolute Gasteiger partial charge is 0.0525 e. The Labute approximate surface area is 131 Å². The van der Waals surface area contributed by atoms with Crippen molar-refractivity contribution in [2.45, 2.75) is 38.8 Å². The molecule has 3 rings (SSSR count). The number of rotatable bonds is 4. The third kappa shape index (κ3) is 2.60. The van der Waals surface area contributed by atoms with Crippen LogP contribution in [0, 0.1) is 0 Å². The molecule has 1 aliphatic rings. The van der Waals surface area contributed by atoms with E-state index in [4.69, 9.17) is 0 Å². The molecule has 1 aliphatic heterocycles. The van der Waals surface area contributed by atoms with Crippen molar-refractivity contribution in [2.24, 2.45) is 0 Å². The van der Waals surface area contributed by atoms with Crippen LogP contribution in [0.2, 0.25) is 0 Å². The molecule has 0 fully saturated rings. The van der Waals surface area contributed by atoms with Crippen molar-refractivity contribution in [2.75, 3.05) is 18.5 Å². The maximum absolute atomic E-state index is 3.45. The van der Waals surface area contributed by atoms with E-state index in [1.807, 2.05) is 11.3 Å². The zero-order valence-corrected chi connectivity index (χ0v) is 13.9. The van der Waals surface area contributed by atoms with Crippen LogP contribution in [-0.2, 0) is 6.42 Å². The Hall–Kier alpha value is -1.32. The Morgan fingerprint density at radius 1 is 1.33 bits per heavy atom. The van der Waals surface area contributed by atoms with E-state index in [0.717, 1.165) is 13.0 Å². The Morgan fingerprint density at radius 2 is 2.14 bits per heavy atom. The lowest BCUT2D eigenvalue weighted by molar-refractivity contribution is 0.565. The molecule has 2 nitrogen and oxygen atoms in total. The van der Waals surface area contributed by atoms with Gasteiger partial charge in [-0.3, -0.25) is 0 Å². The zero-order valence-electron chi connectivity index (χ0n) is 13.1. The van der Waals surface area contributed by atoms with Gasteiger partial charge in [0.25, 0.3) is 0 Å². The summed E-state index contributed by atoms with van der Waals surface area (Å²) in [4.78, 5) is 4.14. The molecule has 21 heavy (non-hydrogen) atoms. The Morgan fingerprint density at radius 3 is 2.90 bits per heavy atom. The first kappa shape index (κ1) is 14.6. The average Bonchev–Trinajstić information content (AvgIpc) is 2.99. The van der Waals surface area contributed by atoms with Gasteiger partial charge in [-0.15, -0.1) is 11.3 Å². The highest BCUT2D eigenvalue weighted by Gasteiger charge is 2.27. The molecule has 2 unspecified atom stereocenters. The predicted octanol–water partition coefficient (Wildman–Crippen LogP) is 4.54. The maximum atomic E-state index is 3.45. The van der Waals surface area contributed by atoms with E-state index in [-0.39, 0.29) is 0 Å². The second-order valence-corrected chi connectivity index (χ2v) is 6.73. The fourth-order valence-corrected chi connectivity index (χ4v) is 4.42. The summed E-state index contributed by atoms with van der Waals surface area (Å²) in [6.45, 7) is 5.70. The van der Waals surface area contributed by atoms with E-state index in [9.17, 15) is 0 Å². The minimum absolute atomic E-state index is 0.428. The van der Waals surface area contributed by atoms with Crippen LogP contribution >= 0.6 is 11.3 Å². The van der Waals surface area contributed by atoms with E-state index in [0.29, 0.717) is 12.1 Å². The van der Waals surface area contributed by atoms with Gasteiger partial charge >= 0.3 is 0 Å². The summed E-state index contributed by atoms with van der Waals surface area (Å²) in [6.07, 6.45) is 2.28. The predicted molar refractivity (Wildman–Crippen MR) is 92.3 cm³/mol. The first-order valence-electron chi connectivity index (χ1n) is 7.85. The Balaban J connectivity index is 1.98. The number of nitrogens with one attached hydrogen (secondary N) is 1. The highest BCUT2D eigenvalue weighted by Crippen LogP contribution is 2.38. The first-order valence-corrected chi connectivity index (χ1v) is 8.73. The van der Waals surface area contributed by atoms with Crippen LogP contribution in [-0.4, -0.2) is 13.6 Å². The van der Waals surface area contributed by atoms with Gasteiger partial charge in [0.15, 0.2) is 0 Å². The van der Waals surface area contributed by atoms with Crippen LogP contribution in [0.25, 0.3) is 0 Å². The van der Waals surface area contributed by atoms with Crippen molar-refractivity contribution in [3.05, 3.63) is 51.7 Å². The summed E-state index contributed by atoms with van der Waals surface area (Å²) in [5, 5.41) is 5.69. The lowest BCUT2D eigenvalue weighted by Gasteiger charge is -2.37. The fraction of sp³-hybridized carbons (Fsp3) is 0.444. The number of fused-ring (bicyclic) bond motifs is 1. The molecule has 2 heterocycles. The van der Waals surface area contributed by atoms with E-state index in [2.05, 4.69) is 66.8 Å². The van der Waals surface area contributed by atoms with Crippen LogP contribution in [0.15, 0.2) is 35.7 Å². The van der Waals surface area contributed by atoms with Crippen LogP contribution < -0.4 is 10.2 Å². The van der Waals surface area contributed by atoms with Gasteiger partial charge in [-0.2, -0.15) is 0 Å². The molecule has 3 heteroatoms. The number of para-hydroxylation sites is 1. The summed E-state index contributed by atoms with van der Waals surface area (Å²) >= 11 is 1.91. The average molecular weight is 300 g/mol. The van der Waals surface area contributed by atoms with Crippen molar-refractivity contribution >= 4 is 17.0 Å². The molecule has 0 radical (unpaired) electrons. The molecule has 2 atom stereocenters. The van der Waals surface area contributed by atoms with Gasteiger partial charge in [-0.1, -0.05) is 25.1 Å². The Kier molecular flexibility index (Phi) is 4.32. The molecule has 1 N–H and O–H groups in total. The van der Waals surface area contributed by atoms with Gasteiger partial charge in [-0.25, -0.2) is 0 Å². The van der Waals surface area contributed by atoms with Gasteiger partial charge < -0.3 is 10.2 Å². The molecule has 0 bridgehead atoms. The number of nitrogens with zero attached hydrogens (tertiary/aromatic N) is 1. The van der Waals surface area contributed by atoms with E-state index < -0.39 is 0 Å². The maximum Gasteiger partial charge on any atom is 0.0525 e. The summed E-state index contributed by atoms with van der Waals surface area (Å²) < 4.78 is 0. The molecule has 0 saturated heterocycles. The van der Waals surface area contributed by atoms with Crippen molar-refractivity contribution in [1.29, 1.82) is 0 Å². The van der Waals surface area contributed by atoms with Crippen molar-refractivity contribution in [1.82, 2.24) is 5.32 Å². The largest absolute Gasteiger partial charge is 0.364 e. The lowest BCUT2D eigenvalue weighted by Crippen LogP contribution is -2.34. The minimum atomic E-state index is 0.428. The van der Waals surface area contributed by atoms with E-state index in [1.54, 1.807) is 4.88 Å². The SMILES string of the molecule is CCC(NC)c1ccccc1N1CCc2sccc2C1C. The van der Waals surface area contributed by atoms with Crippen molar-refractivity contribution in [3.63, 3.8) is 0 Å². The molecule has 1 aromatic heterocycles. The van der Waals surface area contributed by atoms with Gasteiger partial charge in [0.2, 0.25) is 0 Å². The molecule has 0 spiro atoms. The number of hydrogen-bond acceptors (Lipinski definition) is 3. The third-order valence-electron chi connectivity index (χ3n) is 4.66. The molecule has 0 amide bonds. The molecular formula is C18H24N2S. The second kappa shape index (κ2) is 6.20. The highest BCUT2D eigenvalue weighted by molar-refractivity contribution is 7.10. The monoisotopic (exact) mass is 300 g/mol. The van der Waals surface area contributed by atoms with Gasteiger partial charge in [0.1, 0.15) is 0 Å². The summed E-state index contributed by atoms with van der Waals surface area (Å²) in [6, 6.07) is 12.1. The standard InChI is InChI=1S/C18H24N2S/c1-4-16(19-3)15-7-5-6-8-17(15)20-11-9-18-14(13(20)2)10-12-21-18/h5-8,10,12-13,16,19H,4,9,11H2,1-3H3. The summed E-state index contributed by atoms with van der Waals surface area (Å²) in [7, 11) is 2.06. The second-order valence-electron chi connectivity index (χ2n) is 5.73.